The van der Waals surface area contributed by atoms with Crippen molar-refractivity contribution in [3.05, 3.63) is 48.5 Å². The molecule has 10 heteroatoms. The fraction of sp³-hybridized carbons (Fsp3) is 0.636. The Kier molecular flexibility index (Phi) is 21.7. The van der Waals surface area contributed by atoms with Crippen LogP contribution in [-0.2, 0) is 0 Å². The van der Waals surface area contributed by atoms with Crippen LogP contribution >= 0.6 is 0 Å². The Bertz CT molecular complexity index is 1360. The van der Waals surface area contributed by atoms with E-state index in [0.29, 0.717) is 38.2 Å². The van der Waals surface area contributed by atoms with Crippen molar-refractivity contribution in [1.82, 2.24) is 20.4 Å². The highest BCUT2D eigenvalue weighted by Gasteiger charge is 2.11. The quantitative estimate of drug-likeness (QED) is 0.0436. The summed E-state index contributed by atoms with van der Waals surface area (Å²) in [6.45, 7) is 6.91. The second kappa shape index (κ2) is 27.5. The first kappa shape index (κ1) is 42.7. The molecule has 2 aromatic heterocycles. The Morgan fingerprint density at radius 2 is 0.648 bits per heavy atom. The van der Waals surface area contributed by atoms with E-state index in [1.54, 1.807) is 0 Å². The minimum Gasteiger partial charge on any atom is -0.494 e. The maximum Gasteiger partial charge on any atom is 0.414 e. The van der Waals surface area contributed by atoms with E-state index in [0.717, 1.165) is 48.3 Å². The smallest absolute Gasteiger partial charge is 0.414 e. The summed E-state index contributed by atoms with van der Waals surface area (Å²) in [7, 11) is 0. The van der Waals surface area contributed by atoms with Gasteiger partial charge in [0.1, 0.15) is 11.5 Å². The Morgan fingerprint density at radius 1 is 0.352 bits per heavy atom. The summed E-state index contributed by atoms with van der Waals surface area (Å²) in [5.41, 5.74) is 1.66. The fourth-order valence-corrected chi connectivity index (χ4v) is 6.24. The van der Waals surface area contributed by atoms with E-state index in [-0.39, 0.29) is 12.2 Å². The zero-order valence-corrected chi connectivity index (χ0v) is 33.2. The molecule has 54 heavy (non-hydrogen) atoms. The van der Waals surface area contributed by atoms with Gasteiger partial charge in [-0.1, -0.05) is 140 Å². The Labute approximate surface area is 324 Å². The maximum absolute atomic E-state index is 5.93. The third-order valence-corrected chi connectivity index (χ3v) is 9.54. The van der Waals surface area contributed by atoms with Crippen LogP contribution in [0.5, 0.6) is 23.7 Å². The molecule has 0 spiro atoms. The molecular weight excluding hydrogens is 681 g/mol. The van der Waals surface area contributed by atoms with Crippen LogP contribution in [0.2, 0.25) is 0 Å². The lowest BCUT2D eigenvalue weighted by Crippen LogP contribution is -2.02. The van der Waals surface area contributed by atoms with Gasteiger partial charge in [0, 0.05) is 11.1 Å². The van der Waals surface area contributed by atoms with Crippen LogP contribution in [0, 0.1) is 0 Å². The van der Waals surface area contributed by atoms with Gasteiger partial charge in [0.25, 0.3) is 11.8 Å². The molecule has 0 amide bonds. The van der Waals surface area contributed by atoms with Crippen LogP contribution in [0.4, 0.5) is 0 Å². The highest BCUT2D eigenvalue weighted by molar-refractivity contribution is 5.55. The largest absolute Gasteiger partial charge is 0.494 e. The molecule has 2 heterocycles. The van der Waals surface area contributed by atoms with Crippen LogP contribution in [0.1, 0.15) is 155 Å². The number of unbranched alkanes of at least 4 members (excludes halogenated alkanes) is 19. The topological polar surface area (TPSA) is 115 Å². The molecule has 0 saturated heterocycles. The van der Waals surface area contributed by atoms with E-state index in [9.17, 15) is 0 Å². The van der Waals surface area contributed by atoms with Gasteiger partial charge in [0.15, 0.2) is 0 Å². The van der Waals surface area contributed by atoms with Crippen molar-refractivity contribution in [2.75, 3.05) is 26.4 Å². The monoisotopic (exact) mass is 746 g/mol. The van der Waals surface area contributed by atoms with Crippen LogP contribution in [-0.4, -0.2) is 46.8 Å². The third-order valence-electron chi connectivity index (χ3n) is 9.54. The standard InChI is InChI=1S/C44H66N4O6/c1-3-5-7-9-11-13-15-17-19-21-35-51-43-47-45-41(53-43)37-25-29-39(30-26-37)49-33-23-24-34-50-40-31-27-38(28-32-40)42-46-48-44(54-42)52-36-22-20-18-16-14-12-10-8-6-4-2/h25-32H,3-24,33-36H2,1-2H3. The van der Waals surface area contributed by atoms with Crippen LogP contribution in [0.25, 0.3) is 22.9 Å². The van der Waals surface area contributed by atoms with E-state index in [4.69, 9.17) is 27.8 Å². The second-order valence-electron chi connectivity index (χ2n) is 14.3. The lowest BCUT2D eigenvalue weighted by atomic mass is 10.1. The zero-order chi connectivity index (χ0) is 37.7. The van der Waals surface area contributed by atoms with Gasteiger partial charge in [0.2, 0.25) is 0 Å². The number of benzene rings is 2. The number of ether oxygens (including phenoxy) is 4. The summed E-state index contributed by atoms with van der Waals surface area (Å²) >= 11 is 0. The molecule has 0 saturated carbocycles. The molecule has 298 valence electrons. The van der Waals surface area contributed by atoms with Gasteiger partial charge in [0.05, 0.1) is 26.4 Å². The number of rotatable bonds is 33. The molecule has 2 aromatic carbocycles. The van der Waals surface area contributed by atoms with Crippen LogP contribution in [0.15, 0.2) is 57.4 Å². The van der Waals surface area contributed by atoms with Crippen molar-refractivity contribution in [2.45, 2.75) is 155 Å². The van der Waals surface area contributed by atoms with E-state index in [1.165, 1.54) is 116 Å². The Morgan fingerprint density at radius 3 is 1.00 bits per heavy atom. The Balaban J connectivity index is 0.999. The van der Waals surface area contributed by atoms with Crippen molar-refractivity contribution >= 4 is 0 Å². The molecule has 0 unspecified atom stereocenters. The van der Waals surface area contributed by atoms with Gasteiger partial charge < -0.3 is 27.8 Å². The summed E-state index contributed by atoms with van der Waals surface area (Å²) in [6.07, 6.45) is 27.9. The molecular formula is C44H66N4O6. The summed E-state index contributed by atoms with van der Waals surface area (Å²) in [6, 6.07) is 15.3. The van der Waals surface area contributed by atoms with Gasteiger partial charge in [-0.15, -0.1) is 10.2 Å². The fourth-order valence-electron chi connectivity index (χ4n) is 6.24. The lowest BCUT2D eigenvalue weighted by molar-refractivity contribution is 0.225. The number of aromatic nitrogens is 4. The van der Waals surface area contributed by atoms with Gasteiger partial charge in [-0.05, 0) is 74.2 Å². The molecule has 0 aliphatic rings. The van der Waals surface area contributed by atoms with Gasteiger partial charge in [-0.2, -0.15) is 0 Å². The zero-order valence-electron chi connectivity index (χ0n) is 33.2. The molecule has 0 fully saturated rings. The molecule has 10 nitrogen and oxygen atoms in total. The maximum atomic E-state index is 5.93. The molecule has 0 radical (unpaired) electrons. The molecule has 4 aromatic rings. The molecule has 4 rings (SSSR count). The van der Waals surface area contributed by atoms with Crippen molar-refractivity contribution in [3.63, 3.8) is 0 Å². The van der Waals surface area contributed by atoms with Crippen molar-refractivity contribution in [2.24, 2.45) is 0 Å². The van der Waals surface area contributed by atoms with Crippen LogP contribution in [0.3, 0.4) is 0 Å². The van der Waals surface area contributed by atoms with E-state index in [2.05, 4.69) is 34.2 Å². The van der Waals surface area contributed by atoms with Gasteiger partial charge in [-0.25, -0.2) is 0 Å². The first-order valence-corrected chi connectivity index (χ1v) is 21.1. The summed E-state index contributed by atoms with van der Waals surface area (Å²) in [5.74, 6) is 2.46. The SMILES string of the molecule is CCCCCCCCCCCCOc1nnc(-c2ccc(OCCCCOc3ccc(-c4nnc(OCCCCCCCCCCCC)o4)cc3)cc2)o1. The van der Waals surface area contributed by atoms with Crippen molar-refractivity contribution in [1.29, 1.82) is 0 Å². The molecule has 0 aliphatic heterocycles. The first-order chi connectivity index (χ1) is 26.7. The molecule has 0 aliphatic carbocycles. The van der Waals surface area contributed by atoms with Crippen molar-refractivity contribution < 1.29 is 27.8 Å². The normalized spacial score (nSPS) is 11.2. The van der Waals surface area contributed by atoms with Gasteiger partial charge >= 0.3 is 12.2 Å². The Hall–Kier alpha value is -4.08. The number of nitrogens with zero attached hydrogens (tertiary/aromatic N) is 4. The van der Waals surface area contributed by atoms with Crippen LogP contribution < -0.4 is 18.9 Å². The van der Waals surface area contributed by atoms with Gasteiger partial charge in [-0.3, -0.25) is 0 Å². The highest BCUT2D eigenvalue weighted by atomic mass is 16.6. The van der Waals surface area contributed by atoms with E-state index >= 15 is 0 Å². The third kappa shape index (κ3) is 17.8. The van der Waals surface area contributed by atoms with Crippen molar-refractivity contribution in [3.8, 4) is 46.6 Å². The molecule has 0 bridgehead atoms. The molecule has 0 N–H and O–H groups in total. The second-order valence-corrected chi connectivity index (χ2v) is 14.3. The average Bonchev–Trinajstić information content (AvgIpc) is 3.88. The van der Waals surface area contributed by atoms with E-state index in [1.807, 2.05) is 48.5 Å². The predicted molar refractivity (Wildman–Crippen MR) is 214 cm³/mol. The highest BCUT2D eigenvalue weighted by Crippen LogP contribution is 2.25. The van der Waals surface area contributed by atoms with E-state index < -0.39 is 0 Å². The number of hydrogen-bond acceptors (Lipinski definition) is 10. The predicted octanol–water partition coefficient (Wildman–Crippen LogP) is 12.6. The first-order valence-electron chi connectivity index (χ1n) is 21.1. The lowest BCUT2D eigenvalue weighted by Gasteiger charge is -2.08. The molecule has 0 atom stereocenters. The minimum atomic E-state index is 0.222. The summed E-state index contributed by atoms with van der Waals surface area (Å²) in [5, 5.41) is 16.4. The minimum absolute atomic E-state index is 0.222. The summed E-state index contributed by atoms with van der Waals surface area (Å²) < 4.78 is 34.7. The number of hydrogen-bond donors (Lipinski definition) is 0. The average molecular weight is 747 g/mol. The summed E-state index contributed by atoms with van der Waals surface area (Å²) in [4.78, 5) is 0.